The lowest BCUT2D eigenvalue weighted by molar-refractivity contribution is -0.138. The number of carbonyl (C=O) groups is 2. The SMILES string of the molecule is O=C(Nc1cccc2cccnc12)c1ccc(C(F)(F)F)cc1N(c1ccccc1)c1cc(C(F)(F)F)ccc1C(=O)Nc1cccc2cccnc12. The Morgan fingerprint density at radius 1 is 0.509 bits per heavy atom. The minimum atomic E-state index is -4.92. The molecule has 0 aliphatic carbocycles. The van der Waals surface area contributed by atoms with Crippen molar-refractivity contribution in [1.29, 1.82) is 0 Å². The van der Waals surface area contributed by atoms with Crippen LogP contribution in [0.5, 0.6) is 0 Å². The summed E-state index contributed by atoms with van der Waals surface area (Å²) in [6, 6.07) is 29.0. The first-order chi connectivity index (χ1) is 25.4. The standard InChI is InChI=1S/C40H25F6N5O2/c41-39(42,43)26-16-18-29(37(52)49-31-14-4-8-24-10-6-20-47-35(24)31)33(22-26)51(28-12-2-1-3-13-28)34-23-27(40(44,45)46)17-19-30(34)38(53)50-32-15-5-9-25-11-7-21-48-36(25)32/h1-23H,(H,49,52)(H,50,53). The minimum Gasteiger partial charge on any atom is -0.320 e. The predicted octanol–water partition coefficient (Wildman–Crippen LogP) is 10.8. The van der Waals surface area contributed by atoms with E-state index >= 15 is 0 Å². The van der Waals surface area contributed by atoms with Crippen LogP contribution in [0.4, 0.5) is 54.8 Å². The van der Waals surface area contributed by atoms with E-state index in [1.807, 2.05) is 0 Å². The van der Waals surface area contributed by atoms with Gasteiger partial charge >= 0.3 is 12.4 Å². The number of carbonyl (C=O) groups excluding carboxylic acids is 2. The molecule has 53 heavy (non-hydrogen) atoms. The number of nitrogens with zero attached hydrogens (tertiary/aromatic N) is 3. The topological polar surface area (TPSA) is 87.2 Å². The largest absolute Gasteiger partial charge is 0.416 e. The number of benzene rings is 5. The zero-order chi connectivity index (χ0) is 37.3. The van der Waals surface area contributed by atoms with E-state index in [4.69, 9.17) is 0 Å². The summed E-state index contributed by atoms with van der Waals surface area (Å²) >= 11 is 0. The third-order valence-electron chi connectivity index (χ3n) is 8.40. The van der Waals surface area contributed by atoms with Crippen molar-refractivity contribution >= 4 is 62.1 Å². The molecule has 0 unspecified atom stereocenters. The van der Waals surface area contributed by atoms with E-state index in [9.17, 15) is 35.9 Å². The number of rotatable bonds is 7. The van der Waals surface area contributed by atoms with Crippen molar-refractivity contribution in [2.24, 2.45) is 0 Å². The second-order valence-electron chi connectivity index (χ2n) is 11.8. The monoisotopic (exact) mass is 721 g/mol. The van der Waals surface area contributed by atoms with Gasteiger partial charge in [-0.1, -0.05) is 54.6 Å². The molecule has 7 aromatic rings. The van der Waals surface area contributed by atoms with E-state index in [1.54, 1.807) is 66.7 Å². The predicted molar refractivity (Wildman–Crippen MR) is 191 cm³/mol. The van der Waals surface area contributed by atoms with Crippen LogP contribution < -0.4 is 15.5 Å². The highest BCUT2D eigenvalue weighted by Crippen LogP contribution is 2.44. The Kier molecular flexibility index (Phi) is 9.00. The Morgan fingerprint density at radius 2 is 0.943 bits per heavy atom. The summed E-state index contributed by atoms with van der Waals surface area (Å²) in [5.41, 5.74) is -2.59. The minimum absolute atomic E-state index is 0.0629. The van der Waals surface area contributed by atoms with Gasteiger partial charge in [-0.25, -0.2) is 0 Å². The van der Waals surface area contributed by atoms with Gasteiger partial charge in [-0.3, -0.25) is 19.6 Å². The highest BCUT2D eigenvalue weighted by atomic mass is 19.4. The average molecular weight is 722 g/mol. The number of pyridine rings is 2. The number of hydrogen-bond donors (Lipinski definition) is 2. The highest BCUT2D eigenvalue weighted by Gasteiger charge is 2.36. The van der Waals surface area contributed by atoms with Crippen LogP contribution >= 0.6 is 0 Å². The molecule has 0 fully saturated rings. The fraction of sp³-hybridized carbons (Fsp3) is 0.0500. The molecule has 2 amide bonds. The molecular formula is C40H25F6N5O2. The Labute approximate surface area is 297 Å². The molecule has 7 rings (SSSR count). The van der Waals surface area contributed by atoms with Crippen LogP contribution in [0.2, 0.25) is 0 Å². The first-order valence-corrected chi connectivity index (χ1v) is 16.0. The van der Waals surface area contributed by atoms with Gasteiger partial charge in [-0.15, -0.1) is 0 Å². The molecule has 13 heteroatoms. The molecule has 0 spiro atoms. The van der Waals surface area contributed by atoms with E-state index in [1.165, 1.54) is 36.7 Å². The van der Waals surface area contributed by atoms with Gasteiger partial charge in [0.2, 0.25) is 0 Å². The number of para-hydroxylation sites is 3. The van der Waals surface area contributed by atoms with E-state index in [0.29, 0.717) is 46.1 Å². The second-order valence-corrected chi connectivity index (χ2v) is 11.8. The summed E-state index contributed by atoms with van der Waals surface area (Å²) in [7, 11) is 0. The third kappa shape index (κ3) is 7.09. The summed E-state index contributed by atoms with van der Waals surface area (Å²) in [4.78, 5) is 37.9. The van der Waals surface area contributed by atoms with Gasteiger partial charge in [-0.05, 0) is 72.8 Å². The maximum absolute atomic E-state index is 14.3. The molecule has 2 aromatic heterocycles. The van der Waals surface area contributed by atoms with Gasteiger partial charge in [0.05, 0.1) is 56.0 Å². The van der Waals surface area contributed by atoms with Crippen LogP contribution in [0.3, 0.4) is 0 Å². The van der Waals surface area contributed by atoms with Crippen LogP contribution in [0, 0.1) is 0 Å². The maximum Gasteiger partial charge on any atom is 0.416 e. The van der Waals surface area contributed by atoms with Crippen LogP contribution in [0.15, 0.2) is 140 Å². The molecule has 0 aliphatic rings. The van der Waals surface area contributed by atoms with Crippen molar-refractivity contribution in [1.82, 2.24) is 9.97 Å². The Hall–Kier alpha value is -6.76. The van der Waals surface area contributed by atoms with Crippen molar-refractivity contribution < 1.29 is 35.9 Å². The quantitative estimate of drug-likeness (QED) is 0.160. The Morgan fingerprint density at radius 3 is 1.38 bits per heavy atom. The molecule has 0 saturated heterocycles. The lowest BCUT2D eigenvalue weighted by atomic mass is 10.0. The second kappa shape index (κ2) is 13.8. The zero-order valence-corrected chi connectivity index (χ0v) is 27.2. The summed E-state index contributed by atoms with van der Waals surface area (Å²) in [5, 5.41) is 6.75. The molecule has 0 atom stereocenters. The van der Waals surface area contributed by atoms with Gasteiger partial charge in [-0.2, -0.15) is 26.3 Å². The molecule has 2 heterocycles. The first-order valence-electron chi connectivity index (χ1n) is 16.0. The van der Waals surface area contributed by atoms with Crippen molar-refractivity contribution in [3.63, 3.8) is 0 Å². The number of fused-ring (bicyclic) bond motifs is 2. The Balaban J connectivity index is 1.44. The molecular weight excluding hydrogens is 696 g/mol. The van der Waals surface area contributed by atoms with Gasteiger partial charge in [0.15, 0.2) is 0 Å². The van der Waals surface area contributed by atoms with Crippen LogP contribution in [0.1, 0.15) is 31.8 Å². The average Bonchev–Trinajstić information content (AvgIpc) is 3.15. The number of amides is 2. The van der Waals surface area contributed by atoms with Crippen molar-refractivity contribution in [2.75, 3.05) is 15.5 Å². The summed E-state index contributed by atoms with van der Waals surface area (Å²) in [6.07, 6.45) is -6.82. The first kappa shape index (κ1) is 34.7. The number of aromatic nitrogens is 2. The van der Waals surface area contributed by atoms with Crippen LogP contribution in [-0.2, 0) is 12.4 Å². The number of alkyl halides is 6. The fourth-order valence-electron chi connectivity index (χ4n) is 5.94. The summed E-state index contributed by atoms with van der Waals surface area (Å²) < 4.78 is 86.1. The van der Waals surface area contributed by atoms with E-state index in [-0.39, 0.29) is 28.2 Å². The number of anilines is 5. The number of halogens is 6. The van der Waals surface area contributed by atoms with Gasteiger partial charge < -0.3 is 15.5 Å². The molecule has 2 N–H and O–H groups in total. The molecule has 0 bridgehead atoms. The smallest absolute Gasteiger partial charge is 0.320 e. The molecule has 0 saturated carbocycles. The molecule has 0 aliphatic heterocycles. The normalized spacial score (nSPS) is 11.7. The molecule has 7 nitrogen and oxygen atoms in total. The van der Waals surface area contributed by atoms with Gasteiger partial charge in [0.1, 0.15) is 0 Å². The molecule has 264 valence electrons. The lowest BCUT2D eigenvalue weighted by Gasteiger charge is -2.30. The van der Waals surface area contributed by atoms with Crippen molar-refractivity contribution in [3.05, 3.63) is 162 Å². The van der Waals surface area contributed by atoms with Crippen LogP contribution in [-0.4, -0.2) is 21.8 Å². The number of hydrogen-bond acceptors (Lipinski definition) is 5. The van der Waals surface area contributed by atoms with E-state index in [0.717, 1.165) is 17.0 Å². The number of nitrogens with one attached hydrogen (secondary N) is 2. The zero-order valence-electron chi connectivity index (χ0n) is 27.2. The maximum atomic E-state index is 14.3. The van der Waals surface area contributed by atoms with Crippen molar-refractivity contribution in [2.45, 2.75) is 12.4 Å². The third-order valence-corrected chi connectivity index (χ3v) is 8.40. The fourth-order valence-corrected chi connectivity index (χ4v) is 5.94. The highest BCUT2D eigenvalue weighted by molar-refractivity contribution is 6.15. The summed E-state index contributed by atoms with van der Waals surface area (Å²) in [6.45, 7) is 0. The van der Waals surface area contributed by atoms with Crippen LogP contribution in [0.25, 0.3) is 21.8 Å². The lowest BCUT2D eigenvalue weighted by Crippen LogP contribution is -2.23. The van der Waals surface area contributed by atoms with E-state index < -0.39 is 46.7 Å². The summed E-state index contributed by atoms with van der Waals surface area (Å²) in [5.74, 6) is -1.76. The van der Waals surface area contributed by atoms with E-state index in [2.05, 4.69) is 20.6 Å². The molecule has 0 radical (unpaired) electrons. The van der Waals surface area contributed by atoms with Gasteiger partial charge in [0, 0.05) is 28.9 Å². The van der Waals surface area contributed by atoms with Crippen molar-refractivity contribution in [3.8, 4) is 0 Å². The van der Waals surface area contributed by atoms with Gasteiger partial charge in [0.25, 0.3) is 11.8 Å². The Bertz CT molecular complexity index is 2340. The molecule has 5 aromatic carbocycles.